The number of amides is 2. The molecule has 2 N–H and O–H groups in total. The number of sulfone groups is 1. The molecule has 4 rings (SSSR count). The highest BCUT2D eigenvalue weighted by molar-refractivity contribution is 7.92. The summed E-state index contributed by atoms with van der Waals surface area (Å²) in [6.45, 7) is -0.285. The number of carbonyl (C=O) groups excluding carboxylic acids is 3. The van der Waals surface area contributed by atoms with Crippen LogP contribution in [0.2, 0.25) is 0 Å². The molecule has 0 saturated heterocycles. The van der Waals surface area contributed by atoms with Gasteiger partial charge in [0.1, 0.15) is 5.52 Å². The molecule has 1 unspecified atom stereocenters. The van der Waals surface area contributed by atoms with Crippen molar-refractivity contribution < 1.29 is 31.9 Å². The zero-order valence-corrected chi connectivity index (χ0v) is 22.9. The highest BCUT2D eigenvalue weighted by Gasteiger charge is 2.33. The van der Waals surface area contributed by atoms with E-state index in [0.717, 1.165) is 12.4 Å². The summed E-state index contributed by atoms with van der Waals surface area (Å²) in [5.41, 5.74) is 1.57. The number of benzene rings is 1. The molecule has 4 aromatic rings. The minimum absolute atomic E-state index is 0.0604. The molecule has 0 aliphatic heterocycles. The zero-order valence-electron chi connectivity index (χ0n) is 22.1. The zero-order chi connectivity index (χ0) is 29.2. The molecule has 1 atom stereocenters. The lowest BCUT2D eigenvalue weighted by Gasteiger charge is -2.18. The number of oxazole rings is 1. The molecule has 0 bridgehead atoms. The van der Waals surface area contributed by atoms with Crippen molar-refractivity contribution in [3.8, 4) is 0 Å². The maximum absolute atomic E-state index is 13.2. The van der Waals surface area contributed by atoms with Crippen LogP contribution < -0.4 is 15.4 Å². The molecule has 0 aliphatic carbocycles. The standard InChI is InChI=1S/C28H29N5O7S/c34-23(28-32-22-9-3-4-11-24(22)40-28)10-2-1-6-15-30-27(36)25(41(38,39)19-21-8-5-7-14-29-21)18-31-26(35)20-12-16-33(37)17-13-20/h3-5,7-9,11-14,16-17,25H,1-2,6,10,15,18-19H2,(H,30,36)(H,31,35). The van der Waals surface area contributed by atoms with Crippen LogP contribution in [0, 0.1) is 5.21 Å². The van der Waals surface area contributed by atoms with Crippen LogP contribution in [-0.2, 0) is 20.4 Å². The smallest absolute Gasteiger partial charge is 0.264 e. The number of unbranched alkanes of at least 4 members (excludes halogenated alkanes) is 2. The Morgan fingerprint density at radius 1 is 0.951 bits per heavy atom. The molecule has 0 fully saturated rings. The third kappa shape index (κ3) is 8.18. The van der Waals surface area contributed by atoms with Crippen LogP contribution in [0.25, 0.3) is 11.1 Å². The summed E-state index contributed by atoms with van der Waals surface area (Å²) in [6, 6.07) is 14.5. The summed E-state index contributed by atoms with van der Waals surface area (Å²) in [7, 11) is -4.07. The van der Waals surface area contributed by atoms with Gasteiger partial charge in [-0.3, -0.25) is 19.4 Å². The van der Waals surface area contributed by atoms with Crippen molar-refractivity contribution in [3.05, 3.63) is 95.5 Å². The largest absolute Gasteiger partial charge is 0.619 e. The van der Waals surface area contributed by atoms with Crippen LogP contribution >= 0.6 is 0 Å². The molecule has 13 heteroatoms. The van der Waals surface area contributed by atoms with Crippen molar-refractivity contribution in [1.82, 2.24) is 20.6 Å². The van der Waals surface area contributed by atoms with Crippen LogP contribution in [0.4, 0.5) is 0 Å². The Labute approximate surface area is 236 Å². The maximum atomic E-state index is 13.2. The van der Waals surface area contributed by atoms with Crippen molar-refractivity contribution >= 4 is 38.5 Å². The fourth-order valence-electron chi connectivity index (χ4n) is 4.04. The molecule has 0 saturated carbocycles. The molecule has 3 heterocycles. The molecule has 0 aliphatic rings. The summed E-state index contributed by atoms with van der Waals surface area (Å²) in [5.74, 6) is -2.02. The first-order valence-electron chi connectivity index (χ1n) is 13.0. The summed E-state index contributed by atoms with van der Waals surface area (Å²) >= 11 is 0. The topological polar surface area (TPSA) is 175 Å². The second-order valence-electron chi connectivity index (χ2n) is 9.29. The fourth-order valence-corrected chi connectivity index (χ4v) is 5.57. The van der Waals surface area contributed by atoms with E-state index in [1.807, 2.05) is 6.07 Å². The van der Waals surface area contributed by atoms with Gasteiger partial charge in [-0.05, 0) is 37.1 Å². The molecule has 41 heavy (non-hydrogen) atoms. The number of carbonyl (C=O) groups is 3. The number of ketones is 1. The van der Waals surface area contributed by atoms with E-state index in [1.54, 1.807) is 30.3 Å². The first-order valence-corrected chi connectivity index (χ1v) is 14.7. The molecule has 0 spiro atoms. The second-order valence-corrected chi connectivity index (χ2v) is 11.5. The Kier molecular flexibility index (Phi) is 9.74. The fraction of sp³-hybridized carbons (Fsp3) is 0.286. The lowest BCUT2D eigenvalue weighted by Crippen LogP contribution is -2.47. The molecule has 12 nitrogen and oxygen atoms in total. The van der Waals surface area contributed by atoms with Gasteiger partial charge in [-0.15, -0.1) is 0 Å². The Bertz CT molecular complexity index is 1570. The normalized spacial score (nSPS) is 12.1. The number of hydrogen-bond acceptors (Lipinski definition) is 9. The summed E-state index contributed by atoms with van der Waals surface area (Å²) < 4.78 is 32.4. The van der Waals surface area contributed by atoms with Gasteiger partial charge in [-0.2, -0.15) is 4.73 Å². The highest BCUT2D eigenvalue weighted by atomic mass is 32.2. The van der Waals surface area contributed by atoms with Gasteiger partial charge in [0.25, 0.3) is 11.8 Å². The van der Waals surface area contributed by atoms with E-state index < -0.39 is 39.2 Å². The Hall–Kier alpha value is -4.65. The number of para-hydroxylation sites is 2. The van der Waals surface area contributed by atoms with E-state index >= 15 is 0 Å². The van der Waals surface area contributed by atoms with Crippen molar-refractivity contribution in [3.63, 3.8) is 0 Å². The van der Waals surface area contributed by atoms with Crippen LogP contribution in [0.5, 0.6) is 0 Å². The minimum Gasteiger partial charge on any atom is -0.619 e. The van der Waals surface area contributed by atoms with Gasteiger partial charge in [-0.25, -0.2) is 13.4 Å². The van der Waals surface area contributed by atoms with Gasteiger partial charge >= 0.3 is 0 Å². The van der Waals surface area contributed by atoms with Crippen molar-refractivity contribution in [1.29, 1.82) is 0 Å². The average Bonchev–Trinajstić information content (AvgIpc) is 3.40. The third-order valence-electron chi connectivity index (χ3n) is 6.23. The number of nitrogens with one attached hydrogen (secondary N) is 2. The van der Waals surface area contributed by atoms with Gasteiger partial charge in [0.05, 0.1) is 17.0 Å². The summed E-state index contributed by atoms with van der Waals surface area (Å²) in [5, 5.41) is 14.8. The molecule has 1 aromatic carbocycles. The number of rotatable bonds is 14. The van der Waals surface area contributed by atoms with E-state index in [2.05, 4.69) is 20.6 Å². The Morgan fingerprint density at radius 2 is 1.71 bits per heavy atom. The predicted octanol–water partition coefficient (Wildman–Crippen LogP) is 2.13. The number of aromatic nitrogens is 3. The lowest BCUT2D eigenvalue weighted by atomic mass is 10.1. The van der Waals surface area contributed by atoms with Gasteiger partial charge < -0.3 is 20.3 Å². The summed E-state index contributed by atoms with van der Waals surface area (Å²) in [6.07, 6.45) is 5.59. The molecular weight excluding hydrogens is 550 g/mol. The van der Waals surface area contributed by atoms with Crippen molar-refractivity contribution in [2.24, 2.45) is 0 Å². The van der Waals surface area contributed by atoms with Gasteiger partial charge in [-0.1, -0.05) is 24.6 Å². The Morgan fingerprint density at radius 3 is 2.44 bits per heavy atom. The molecule has 3 aromatic heterocycles. The van der Waals surface area contributed by atoms with Crippen LogP contribution in [-0.4, -0.2) is 54.3 Å². The van der Waals surface area contributed by atoms with Gasteiger partial charge in [0.2, 0.25) is 11.7 Å². The number of pyridine rings is 2. The number of Topliss-reactive ketones (excluding diaryl/α,β-unsaturated/α-hetero) is 1. The first-order chi connectivity index (χ1) is 19.7. The van der Waals surface area contributed by atoms with Crippen LogP contribution in [0.1, 0.15) is 52.4 Å². The molecule has 0 radical (unpaired) electrons. The average molecular weight is 580 g/mol. The monoisotopic (exact) mass is 579 g/mol. The minimum atomic E-state index is -4.07. The van der Waals surface area contributed by atoms with Gasteiger partial charge in [0.15, 0.2) is 33.1 Å². The van der Waals surface area contributed by atoms with Crippen molar-refractivity contribution in [2.75, 3.05) is 13.1 Å². The quantitative estimate of drug-likeness (QED) is 0.0981. The predicted molar refractivity (Wildman–Crippen MR) is 148 cm³/mol. The first kappa shape index (κ1) is 29.3. The molecule has 2 amide bonds. The van der Waals surface area contributed by atoms with E-state index in [-0.39, 0.29) is 35.9 Å². The van der Waals surface area contributed by atoms with E-state index in [4.69, 9.17) is 4.42 Å². The SMILES string of the molecule is O=C(NCC(C(=O)NCCCCCC(=O)c1nc2ccccc2o1)S(=O)(=O)Cc1ccccn1)c1cc[n+]([O-])cc1. The summed E-state index contributed by atoms with van der Waals surface area (Å²) in [4.78, 5) is 46.1. The van der Waals surface area contributed by atoms with E-state index in [1.165, 1.54) is 24.4 Å². The molecular formula is C28H29N5O7S. The highest BCUT2D eigenvalue weighted by Crippen LogP contribution is 2.17. The Balaban J connectivity index is 1.29. The number of nitrogens with zero attached hydrogens (tertiary/aromatic N) is 3. The third-order valence-corrected chi connectivity index (χ3v) is 8.17. The maximum Gasteiger partial charge on any atom is 0.264 e. The number of hydrogen-bond donors (Lipinski definition) is 2. The van der Waals surface area contributed by atoms with Crippen LogP contribution in [0.15, 0.2) is 77.6 Å². The number of fused-ring (bicyclic) bond motifs is 1. The lowest BCUT2D eigenvalue weighted by molar-refractivity contribution is -0.605. The van der Waals surface area contributed by atoms with Crippen LogP contribution in [0.3, 0.4) is 0 Å². The molecule has 214 valence electrons. The van der Waals surface area contributed by atoms with Gasteiger partial charge in [0, 0.05) is 37.8 Å². The van der Waals surface area contributed by atoms with E-state index in [0.29, 0.717) is 35.1 Å². The second kappa shape index (κ2) is 13.6. The van der Waals surface area contributed by atoms with E-state index in [9.17, 15) is 28.0 Å². The van der Waals surface area contributed by atoms with Crippen molar-refractivity contribution in [2.45, 2.75) is 36.7 Å².